The van der Waals surface area contributed by atoms with Crippen LogP contribution in [0, 0.1) is 5.82 Å². The molecule has 1 aliphatic carbocycles. The Morgan fingerprint density at radius 1 is 1.00 bits per heavy atom. The van der Waals surface area contributed by atoms with Gasteiger partial charge in [-0.3, -0.25) is 9.59 Å². The van der Waals surface area contributed by atoms with Gasteiger partial charge in [-0.15, -0.1) is 11.8 Å². The highest BCUT2D eigenvalue weighted by atomic mass is 32.2. The number of carbonyl (C=O) groups excluding carboxylic acids is 2. The molecular weight excluding hydrogens is 375 g/mol. The lowest BCUT2D eigenvalue weighted by molar-refractivity contribution is -0.113. The zero-order valence-electron chi connectivity index (χ0n) is 15.7. The summed E-state index contributed by atoms with van der Waals surface area (Å²) >= 11 is 1.34. The van der Waals surface area contributed by atoms with Crippen LogP contribution < -0.4 is 10.6 Å². The predicted octanol–water partition coefficient (Wildman–Crippen LogP) is 4.76. The second-order valence-corrected chi connectivity index (χ2v) is 7.97. The first-order valence-corrected chi connectivity index (χ1v) is 10.8. The van der Waals surface area contributed by atoms with E-state index in [1.807, 2.05) is 0 Å². The van der Waals surface area contributed by atoms with Crippen molar-refractivity contribution in [2.45, 2.75) is 43.9 Å². The molecule has 1 saturated carbocycles. The molecule has 0 saturated heterocycles. The Morgan fingerprint density at radius 2 is 1.71 bits per heavy atom. The van der Waals surface area contributed by atoms with E-state index in [2.05, 4.69) is 10.6 Å². The Hall–Kier alpha value is -2.34. The standard InChI is InChI=1S/C22H25FN2O2S/c23-19-12-6-4-8-16(19)14-28-15-21(26)25-20-13-7-5-11-18(20)22(27)24-17-9-2-1-3-10-17/h4-8,11-13,17H,1-3,9-10,14-15H2,(H,24,27)(H,25,26). The number of hydrogen-bond donors (Lipinski definition) is 2. The zero-order valence-corrected chi connectivity index (χ0v) is 16.6. The molecule has 0 aliphatic heterocycles. The van der Waals surface area contributed by atoms with Gasteiger partial charge in [0.05, 0.1) is 17.0 Å². The molecule has 2 N–H and O–H groups in total. The molecule has 0 spiro atoms. The van der Waals surface area contributed by atoms with Crippen LogP contribution in [0.4, 0.5) is 10.1 Å². The average molecular weight is 401 g/mol. The molecule has 2 aromatic carbocycles. The van der Waals surface area contributed by atoms with E-state index in [-0.39, 0.29) is 29.4 Å². The van der Waals surface area contributed by atoms with Gasteiger partial charge in [0.25, 0.3) is 5.91 Å². The van der Waals surface area contributed by atoms with E-state index in [0.717, 1.165) is 25.7 Å². The summed E-state index contributed by atoms with van der Waals surface area (Å²) in [5.41, 5.74) is 1.56. The van der Waals surface area contributed by atoms with Gasteiger partial charge in [0.1, 0.15) is 5.82 Å². The fraction of sp³-hybridized carbons (Fsp3) is 0.364. The molecule has 0 unspecified atom stereocenters. The Labute approximate surface area is 169 Å². The number of carbonyl (C=O) groups is 2. The molecular formula is C22H25FN2O2S. The SMILES string of the molecule is O=C(CSCc1ccccc1F)Nc1ccccc1C(=O)NC1CCCCC1. The molecule has 4 nitrogen and oxygen atoms in total. The topological polar surface area (TPSA) is 58.2 Å². The minimum absolute atomic E-state index is 0.151. The van der Waals surface area contributed by atoms with Crippen LogP contribution in [0.5, 0.6) is 0 Å². The number of thioether (sulfide) groups is 1. The Morgan fingerprint density at radius 3 is 2.50 bits per heavy atom. The number of anilines is 1. The van der Waals surface area contributed by atoms with E-state index in [1.54, 1.807) is 42.5 Å². The van der Waals surface area contributed by atoms with E-state index in [4.69, 9.17) is 0 Å². The molecule has 3 rings (SSSR count). The summed E-state index contributed by atoms with van der Waals surface area (Å²) in [4.78, 5) is 24.9. The summed E-state index contributed by atoms with van der Waals surface area (Å²) < 4.78 is 13.6. The first kappa shape index (κ1) is 20.4. The van der Waals surface area contributed by atoms with Crippen molar-refractivity contribution >= 4 is 29.3 Å². The molecule has 2 aromatic rings. The van der Waals surface area contributed by atoms with Crippen molar-refractivity contribution in [3.8, 4) is 0 Å². The second kappa shape index (κ2) is 10.3. The van der Waals surface area contributed by atoms with Gasteiger partial charge in [-0.2, -0.15) is 0 Å². The minimum atomic E-state index is -0.264. The van der Waals surface area contributed by atoms with E-state index < -0.39 is 0 Å². The van der Waals surface area contributed by atoms with Crippen molar-refractivity contribution in [3.63, 3.8) is 0 Å². The summed E-state index contributed by atoms with van der Waals surface area (Å²) in [7, 11) is 0. The maximum atomic E-state index is 13.6. The highest BCUT2D eigenvalue weighted by molar-refractivity contribution is 7.99. The summed E-state index contributed by atoms with van der Waals surface area (Å²) in [6, 6.07) is 13.8. The van der Waals surface area contributed by atoms with Gasteiger partial charge in [0.15, 0.2) is 0 Å². The molecule has 2 amide bonds. The lowest BCUT2D eigenvalue weighted by atomic mass is 9.95. The molecule has 148 valence electrons. The van der Waals surface area contributed by atoms with Gasteiger partial charge in [0.2, 0.25) is 5.91 Å². The maximum absolute atomic E-state index is 13.6. The van der Waals surface area contributed by atoms with Gasteiger partial charge in [-0.05, 0) is 36.6 Å². The van der Waals surface area contributed by atoms with Crippen molar-refractivity contribution in [2.75, 3.05) is 11.1 Å². The second-order valence-electron chi connectivity index (χ2n) is 6.99. The smallest absolute Gasteiger partial charge is 0.253 e. The molecule has 1 fully saturated rings. The normalized spacial score (nSPS) is 14.5. The van der Waals surface area contributed by atoms with E-state index in [1.165, 1.54) is 24.2 Å². The number of benzene rings is 2. The summed E-state index contributed by atoms with van der Waals surface area (Å²) in [5, 5.41) is 5.90. The van der Waals surface area contributed by atoms with Crippen molar-refractivity contribution in [1.82, 2.24) is 5.32 Å². The Balaban J connectivity index is 1.54. The number of rotatable bonds is 7. The van der Waals surface area contributed by atoms with Crippen LogP contribution in [0.15, 0.2) is 48.5 Å². The monoisotopic (exact) mass is 400 g/mol. The minimum Gasteiger partial charge on any atom is -0.349 e. The summed E-state index contributed by atoms with van der Waals surface area (Å²) in [6.07, 6.45) is 5.52. The van der Waals surface area contributed by atoms with Crippen molar-refractivity contribution < 1.29 is 14.0 Å². The van der Waals surface area contributed by atoms with E-state index in [0.29, 0.717) is 22.6 Å². The lowest BCUT2D eigenvalue weighted by Gasteiger charge is -2.23. The number of para-hydroxylation sites is 1. The third-order valence-corrected chi connectivity index (χ3v) is 5.82. The van der Waals surface area contributed by atoms with Gasteiger partial charge in [0, 0.05) is 11.8 Å². The molecule has 6 heteroatoms. The molecule has 1 aliphatic rings. The van der Waals surface area contributed by atoms with Crippen LogP contribution >= 0.6 is 11.8 Å². The van der Waals surface area contributed by atoms with Crippen molar-refractivity contribution in [2.24, 2.45) is 0 Å². The fourth-order valence-electron chi connectivity index (χ4n) is 3.36. The van der Waals surface area contributed by atoms with Gasteiger partial charge in [-0.1, -0.05) is 49.6 Å². The van der Waals surface area contributed by atoms with Crippen LogP contribution in [0.2, 0.25) is 0 Å². The van der Waals surface area contributed by atoms with Crippen molar-refractivity contribution in [3.05, 3.63) is 65.5 Å². The number of hydrogen-bond acceptors (Lipinski definition) is 3. The number of amides is 2. The van der Waals surface area contributed by atoms with Crippen LogP contribution in [-0.4, -0.2) is 23.6 Å². The van der Waals surface area contributed by atoms with Gasteiger partial charge < -0.3 is 10.6 Å². The highest BCUT2D eigenvalue weighted by Crippen LogP contribution is 2.21. The zero-order chi connectivity index (χ0) is 19.8. The molecule has 0 aromatic heterocycles. The molecule has 0 atom stereocenters. The van der Waals surface area contributed by atoms with Crippen LogP contribution in [0.25, 0.3) is 0 Å². The Kier molecular flexibility index (Phi) is 7.48. The lowest BCUT2D eigenvalue weighted by Crippen LogP contribution is -2.36. The molecule has 0 heterocycles. The third kappa shape index (κ3) is 5.83. The van der Waals surface area contributed by atoms with Gasteiger partial charge in [-0.25, -0.2) is 4.39 Å². The summed E-state index contributed by atoms with van der Waals surface area (Å²) in [6.45, 7) is 0. The molecule has 28 heavy (non-hydrogen) atoms. The predicted molar refractivity (Wildman–Crippen MR) is 112 cm³/mol. The first-order valence-electron chi connectivity index (χ1n) is 9.64. The largest absolute Gasteiger partial charge is 0.349 e. The first-order chi connectivity index (χ1) is 13.6. The molecule has 0 radical (unpaired) electrons. The van der Waals surface area contributed by atoms with Crippen LogP contribution in [0.1, 0.15) is 48.0 Å². The van der Waals surface area contributed by atoms with Crippen LogP contribution in [-0.2, 0) is 10.5 Å². The van der Waals surface area contributed by atoms with Gasteiger partial charge >= 0.3 is 0 Å². The number of halogens is 1. The van der Waals surface area contributed by atoms with Crippen LogP contribution in [0.3, 0.4) is 0 Å². The molecule has 0 bridgehead atoms. The maximum Gasteiger partial charge on any atom is 0.253 e. The number of nitrogens with one attached hydrogen (secondary N) is 2. The average Bonchev–Trinajstić information content (AvgIpc) is 2.70. The summed E-state index contributed by atoms with van der Waals surface area (Å²) in [5.74, 6) is -0.0159. The van der Waals surface area contributed by atoms with E-state index >= 15 is 0 Å². The quantitative estimate of drug-likeness (QED) is 0.704. The van der Waals surface area contributed by atoms with Crippen molar-refractivity contribution in [1.29, 1.82) is 0 Å². The van der Waals surface area contributed by atoms with E-state index in [9.17, 15) is 14.0 Å². The highest BCUT2D eigenvalue weighted by Gasteiger charge is 2.19. The Bertz CT molecular complexity index is 822. The fourth-order valence-corrected chi connectivity index (χ4v) is 4.17. The third-order valence-electron chi connectivity index (χ3n) is 4.83.